The molecule has 3 rings (SSSR count). The van der Waals surface area contributed by atoms with Crippen molar-refractivity contribution in [3.63, 3.8) is 0 Å². The Bertz CT molecular complexity index is 534. The lowest BCUT2D eigenvalue weighted by atomic mass is 9.92. The Labute approximate surface area is 105 Å². The quantitative estimate of drug-likeness (QED) is 0.808. The molecule has 1 aromatic heterocycles. The summed E-state index contributed by atoms with van der Waals surface area (Å²) in [7, 11) is 0. The van der Waals surface area contributed by atoms with Gasteiger partial charge in [0.15, 0.2) is 0 Å². The van der Waals surface area contributed by atoms with Gasteiger partial charge in [-0.2, -0.15) is 0 Å². The Morgan fingerprint density at radius 3 is 3.06 bits per heavy atom. The molecule has 1 saturated heterocycles. The van der Waals surface area contributed by atoms with E-state index in [-0.39, 0.29) is 5.82 Å². The van der Waals surface area contributed by atoms with Crippen LogP contribution >= 0.6 is 11.3 Å². The first-order valence-corrected chi connectivity index (χ1v) is 6.97. The molecule has 0 unspecified atom stereocenters. The zero-order valence-corrected chi connectivity index (χ0v) is 10.7. The fraction of sp³-hybridized carbons (Fsp3) is 0.429. The first-order chi connectivity index (χ1) is 8.24. The van der Waals surface area contributed by atoms with Gasteiger partial charge in [-0.05, 0) is 50.4 Å². The second-order valence-corrected chi connectivity index (χ2v) is 5.99. The molecule has 0 radical (unpaired) electrons. The third-order valence-corrected chi connectivity index (χ3v) is 4.82. The highest BCUT2D eigenvalue weighted by Gasteiger charge is 2.21. The van der Waals surface area contributed by atoms with Gasteiger partial charge >= 0.3 is 0 Å². The van der Waals surface area contributed by atoms with Crippen molar-refractivity contribution >= 4 is 21.4 Å². The zero-order valence-electron chi connectivity index (χ0n) is 9.87. The molecule has 0 saturated carbocycles. The number of benzene rings is 1. The fourth-order valence-corrected chi connectivity index (χ4v) is 3.86. The van der Waals surface area contributed by atoms with Crippen molar-refractivity contribution in [3.05, 3.63) is 35.0 Å². The average Bonchev–Trinajstić information content (AvgIpc) is 2.74. The van der Waals surface area contributed by atoms with E-state index >= 15 is 0 Å². The van der Waals surface area contributed by atoms with E-state index in [1.54, 1.807) is 23.5 Å². The van der Waals surface area contributed by atoms with Crippen molar-refractivity contribution in [2.24, 2.45) is 0 Å². The van der Waals surface area contributed by atoms with Crippen LogP contribution in [0.4, 0.5) is 4.39 Å². The summed E-state index contributed by atoms with van der Waals surface area (Å²) in [4.78, 5) is 1.35. The van der Waals surface area contributed by atoms with Gasteiger partial charge in [0.05, 0.1) is 0 Å². The topological polar surface area (TPSA) is 12.0 Å². The lowest BCUT2D eigenvalue weighted by Gasteiger charge is -2.27. The number of piperidine rings is 1. The van der Waals surface area contributed by atoms with E-state index in [9.17, 15) is 4.39 Å². The minimum atomic E-state index is -0.0908. The first kappa shape index (κ1) is 11.2. The van der Waals surface area contributed by atoms with E-state index in [0.29, 0.717) is 12.0 Å². The van der Waals surface area contributed by atoms with Crippen LogP contribution in [0.2, 0.25) is 0 Å². The Balaban J connectivity index is 1.97. The largest absolute Gasteiger partial charge is 0.314 e. The third kappa shape index (κ3) is 2.09. The Kier molecular flexibility index (Phi) is 2.89. The van der Waals surface area contributed by atoms with Gasteiger partial charge in [0.25, 0.3) is 0 Å². The van der Waals surface area contributed by atoms with Crippen LogP contribution in [0, 0.1) is 5.82 Å². The summed E-state index contributed by atoms with van der Waals surface area (Å²) in [6, 6.07) is 7.98. The maximum Gasteiger partial charge on any atom is 0.131 e. The van der Waals surface area contributed by atoms with Crippen molar-refractivity contribution in [2.75, 3.05) is 6.54 Å². The molecular weight excluding hydrogens is 233 g/mol. The van der Waals surface area contributed by atoms with Gasteiger partial charge < -0.3 is 5.32 Å². The maximum absolute atomic E-state index is 13.6. The van der Waals surface area contributed by atoms with Gasteiger partial charge in [-0.3, -0.25) is 0 Å². The summed E-state index contributed by atoms with van der Waals surface area (Å²) in [5.41, 5.74) is 0. The summed E-state index contributed by atoms with van der Waals surface area (Å²) in [6.07, 6.45) is 2.33. The second kappa shape index (κ2) is 4.39. The number of halogens is 1. The van der Waals surface area contributed by atoms with Crippen LogP contribution in [0.15, 0.2) is 24.3 Å². The van der Waals surface area contributed by atoms with Crippen LogP contribution in [0.5, 0.6) is 0 Å². The molecule has 1 aliphatic rings. The predicted octanol–water partition coefficient (Wildman–Crippen LogP) is 3.90. The molecule has 1 aliphatic heterocycles. The number of nitrogens with one attached hydrogen (secondary N) is 1. The molecule has 0 spiro atoms. The smallest absolute Gasteiger partial charge is 0.131 e. The molecule has 0 bridgehead atoms. The summed E-state index contributed by atoms with van der Waals surface area (Å²) >= 11 is 1.75. The molecule has 1 aromatic carbocycles. The minimum absolute atomic E-state index is 0.0908. The summed E-state index contributed by atoms with van der Waals surface area (Å²) < 4.78 is 14.7. The SMILES string of the molecule is C[C@@H]1C[C@H](c2cc3c(F)cccc3s2)CCN1. The van der Waals surface area contributed by atoms with Gasteiger partial charge in [0.1, 0.15) is 5.82 Å². The summed E-state index contributed by atoms with van der Waals surface area (Å²) in [6.45, 7) is 3.29. The Hall–Kier alpha value is -0.930. The lowest BCUT2D eigenvalue weighted by molar-refractivity contribution is 0.384. The zero-order chi connectivity index (χ0) is 11.8. The maximum atomic E-state index is 13.6. The van der Waals surface area contributed by atoms with E-state index in [2.05, 4.69) is 18.3 Å². The fourth-order valence-electron chi connectivity index (χ4n) is 2.64. The molecule has 90 valence electrons. The highest BCUT2D eigenvalue weighted by atomic mass is 32.1. The molecule has 17 heavy (non-hydrogen) atoms. The van der Waals surface area contributed by atoms with Crippen LogP contribution in [-0.2, 0) is 0 Å². The Morgan fingerprint density at radius 1 is 1.41 bits per heavy atom. The van der Waals surface area contributed by atoms with E-state index in [1.807, 2.05) is 6.07 Å². The monoisotopic (exact) mass is 249 g/mol. The van der Waals surface area contributed by atoms with Crippen molar-refractivity contribution in [1.29, 1.82) is 0 Å². The van der Waals surface area contributed by atoms with Crippen molar-refractivity contribution in [2.45, 2.75) is 31.7 Å². The van der Waals surface area contributed by atoms with Gasteiger partial charge in [-0.25, -0.2) is 4.39 Å². The lowest BCUT2D eigenvalue weighted by Crippen LogP contribution is -2.34. The molecule has 2 atom stereocenters. The van der Waals surface area contributed by atoms with Crippen LogP contribution in [0.3, 0.4) is 0 Å². The van der Waals surface area contributed by atoms with E-state index < -0.39 is 0 Å². The van der Waals surface area contributed by atoms with Crippen LogP contribution in [-0.4, -0.2) is 12.6 Å². The van der Waals surface area contributed by atoms with Crippen molar-refractivity contribution in [1.82, 2.24) is 5.32 Å². The van der Waals surface area contributed by atoms with Crippen LogP contribution < -0.4 is 5.32 Å². The van der Waals surface area contributed by atoms with Crippen LogP contribution in [0.1, 0.15) is 30.6 Å². The molecule has 2 aromatic rings. The first-order valence-electron chi connectivity index (χ1n) is 6.15. The normalized spacial score (nSPS) is 25.3. The van der Waals surface area contributed by atoms with E-state index in [1.165, 1.54) is 11.3 Å². The number of hydrogen-bond donors (Lipinski definition) is 1. The number of rotatable bonds is 1. The molecule has 3 heteroatoms. The molecular formula is C14H16FNS. The molecule has 1 fully saturated rings. The van der Waals surface area contributed by atoms with Gasteiger partial charge in [0.2, 0.25) is 0 Å². The van der Waals surface area contributed by atoms with Gasteiger partial charge in [-0.1, -0.05) is 6.07 Å². The highest BCUT2D eigenvalue weighted by molar-refractivity contribution is 7.19. The Morgan fingerprint density at radius 2 is 2.29 bits per heavy atom. The van der Waals surface area contributed by atoms with Crippen molar-refractivity contribution in [3.8, 4) is 0 Å². The molecule has 1 N–H and O–H groups in total. The highest BCUT2D eigenvalue weighted by Crippen LogP contribution is 2.36. The molecule has 0 aliphatic carbocycles. The molecule has 0 amide bonds. The summed E-state index contributed by atoms with van der Waals surface area (Å²) in [5, 5.41) is 4.25. The third-order valence-electron chi connectivity index (χ3n) is 3.55. The standard InChI is InChI=1S/C14H16FNS/c1-9-7-10(5-6-16-9)14-8-11-12(15)3-2-4-13(11)17-14/h2-4,8-10,16H,5-7H2,1H3/t9-,10-/m1/s1. The van der Waals surface area contributed by atoms with E-state index in [4.69, 9.17) is 0 Å². The van der Waals surface area contributed by atoms with Gasteiger partial charge in [-0.15, -0.1) is 11.3 Å². The average molecular weight is 249 g/mol. The summed E-state index contributed by atoms with van der Waals surface area (Å²) in [5.74, 6) is 0.509. The minimum Gasteiger partial charge on any atom is -0.314 e. The van der Waals surface area contributed by atoms with E-state index in [0.717, 1.165) is 23.1 Å². The predicted molar refractivity (Wildman–Crippen MR) is 71.2 cm³/mol. The molecule has 1 nitrogen and oxygen atoms in total. The second-order valence-electron chi connectivity index (χ2n) is 4.88. The number of fused-ring (bicyclic) bond motifs is 1. The number of hydrogen-bond acceptors (Lipinski definition) is 2. The van der Waals surface area contributed by atoms with Crippen molar-refractivity contribution < 1.29 is 4.39 Å². The number of thiophene rings is 1. The van der Waals surface area contributed by atoms with Crippen LogP contribution in [0.25, 0.3) is 10.1 Å². The molecule has 2 heterocycles. The van der Waals surface area contributed by atoms with Gasteiger partial charge in [0, 0.05) is 21.0 Å².